The maximum atomic E-state index is 11.9. The third kappa shape index (κ3) is 1.82. The first kappa shape index (κ1) is 10.8. The van der Waals surface area contributed by atoms with Crippen LogP contribution >= 0.6 is 0 Å². The molecule has 2 rings (SSSR count). The summed E-state index contributed by atoms with van der Waals surface area (Å²) >= 11 is 0. The normalized spacial score (nSPS) is 15.1. The average molecular weight is 224 g/mol. The van der Waals surface area contributed by atoms with E-state index in [1.165, 1.54) is 4.90 Å². The molecule has 0 bridgehead atoms. The van der Waals surface area contributed by atoms with Crippen molar-refractivity contribution in [1.29, 1.82) is 0 Å². The number of aromatic amines is 1. The minimum atomic E-state index is -0.502. The highest BCUT2D eigenvalue weighted by atomic mass is 16.6. The predicted molar refractivity (Wildman–Crippen MR) is 60.3 cm³/mol. The number of nitrogens with zero attached hydrogens (tertiary/aromatic N) is 2. The Balaban J connectivity index is 2.19. The van der Waals surface area contributed by atoms with Crippen LogP contribution < -0.4 is 10.6 Å². The largest absolute Gasteiger partial charge is 0.443 e. The van der Waals surface area contributed by atoms with Crippen molar-refractivity contribution < 1.29 is 9.53 Å². The number of carbonyl (C=O) groups excluding carboxylic acids is 1. The van der Waals surface area contributed by atoms with Crippen molar-refractivity contribution in [1.82, 2.24) is 10.2 Å². The van der Waals surface area contributed by atoms with Crippen molar-refractivity contribution in [3.8, 4) is 0 Å². The van der Waals surface area contributed by atoms with Gasteiger partial charge in [-0.15, -0.1) is 0 Å². The summed E-state index contributed by atoms with van der Waals surface area (Å²) in [4.78, 5) is 13.4. The summed E-state index contributed by atoms with van der Waals surface area (Å²) in [5, 5.41) is 6.68. The van der Waals surface area contributed by atoms with E-state index in [2.05, 4.69) is 10.2 Å². The number of fused-ring (bicyclic) bond motifs is 1. The molecule has 0 saturated heterocycles. The third-order valence-electron chi connectivity index (χ3n) is 2.31. The van der Waals surface area contributed by atoms with Crippen LogP contribution in [0.25, 0.3) is 0 Å². The standard InChI is InChI=1S/C10H16N4O2/c1-10(2,3)16-9(15)14-5-4-6-7(14)8(11)13-12-6/h4-5H2,1-3H3,(H3,11,12,13). The zero-order valence-electron chi connectivity index (χ0n) is 9.70. The lowest BCUT2D eigenvalue weighted by Gasteiger charge is -2.24. The van der Waals surface area contributed by atoms with E-state index in [-0.39, 0.29) is 6.09 Å². The van der Waals surface area contributed by atoms with Gasteiger partial charge in [0.25, 0.3) is 0 Å². The third-order valence-corrected chi connectivity index (χ3v) is 2.31. The topological polar surface area (TPSA) is 84.2 Å². The Morgan fingerprint density at radius 1 is 1.56 bits per heavy atom. The van der Waals surface area contributed by atoms with Crippen molar-refractivity contribution in [2.24, 2.45) is 0 Å². The summed E-state index contributed by atoms with van der Waals surface area (Å²) in [5.74, 6) is 0.346. The van der Waals surface area contributed by atoms with E-state index in [1.807, 2.05) is 20.8 Å². The molecule has 1 aromatic heterocycles. The van der Waals surface area contributed by atoms with Gasteiger partial charge in [0, 0.05) is 13.0 Å². The molecule has 0 spiro atoms. The van der Waals surface area contributed by atoms with Gasteiger partial charge in [0.15, 0.2) is 5.82 Å². The van der Waals surface area contributed by atoms with Crippen molar-refractivity contribution in [2.45, 2.75) is 32.8 Å². The highest BCUT2D eigenvalue weighted by Crippen LogP contribution is 2.32. The minimum Gasteiger partial charge on any atom is -0.443 e. The first-order valence-electron chi connectivity index (χ1n) is 5.22. The van der Waals surface area contributed by atoms with Gasteiger partial charge in [-0.2, -0.15) is 5.10 Å². The number of amides is 1. The van der Waals surface area contributed by atoms with Crippen LogP contribution in [0.2, 0.25) is 0 Å². The molecule has 0 saturated carbocycles. The highest BCUT2D eigenvalue weighted by molar-refractivity contribution is 5.93. The summed E-state index contributed by atoms with van der Waals surface area (Å²) in [6.45, 7) is 6.09. The highest BCUT2D eigenvalue weighted by Gasteiger charge is 2.32. The lowest BCUT2D eigenvalue weighted by Crippen LogP contribution is -2.36. The number of carbonyl (C=O) groups is 1. The molecule has 1 aromatic rings. The summed E-state index contributed by atoms with van der Waals surface area (Å²) in [6.07, 6.45) is 0.359. The Bertz CT molecular complexity index is 419. The molecule has 2 heterocycles. The van der Waals surface area contributed by atoms with E-state index in [0.29, 0.717) is 18.1 Å². The number of rotatable bonds is 0. The fraction of sp³-hybridized carbons (Fsp3) is 0.600. The molecule has 6 nitrogen and oxygen atoms in total. The Labute approximate surface area is 93.8 Å². The Kier molecular flexibility index (Phi) is 2.29. The first-order valence-corrected chi connectivity index (χ1v) is 5.22. The molecule has 0 aliphatic carbocycles. The van der Waals surface area contributed by atoms with Gasteiger partial charge >= 0.3 is 6.09 Å². The van der Waals surface area contributed by atoms with Gasteiger partial charge in [0.2, 0.25) is 0 Å². The molecule has 88 valence electrons. The number of aromatic nitrogens is 2. The average Bonchev–Trinajstić information content (AvgIpc) is 2.66. The second-order valence-corrected chi connectivity index (χ2v) is 4.82. The number of ether oxygens (including phenoxy) is 1. The summed E-state index contributed by atoms with van der Waals surface area (Å²) in [5.41, 5.74) is 6.74. The van der Waals surface area contributed by atoms with E-state index in [0.717, 1.165) is 12.1 Å². The predicted octanol–water partition coefficient (Wildman–Crippen LogP) is 1.29. The molecule has 0 fully saturated rings. The van der Waals surface area contributed by atoms with E-state index in [4.69, 9.17) is 10.5 Å². The maximum absolute atomic E-state index is 11.9. The molecule has 3 N–H and O–H groups in total. The van der Waals surface area contributed by atoms with Gasteiger partial charge in [-0.1, -0.05) is 0 Å². The van der Waals surface area contributed by atoms with Gasteiger partial charge in [0.05, 0.1) is 5.69 Å². The van der Waals surface area contributed by atoms with Crippen molar-refractivity contribution >= 4 is 17.6 Å². The molecule has 1 amide bonds. The minimum absolute atomic E-state index is 0.346. The van der Waals surface area contributed by atoms with Crippen molar-refractivity contribution in [2.75, 3.05) is 17.2 Å². The number of nitrogens with two attached hydrogens (primary N) is 1. The van der Waals surface area contributed by atoms with Crippen LogP contribution in [0.3, 0.4) is 0 Å². The molecule has 0 unspecified atom stereocenters. The lowest BCUT2D eigenvalue weighted by atomic mass is 10.2. The van der Waals surface area contributed by atoms with Crippen LogP contribution in [0, 0.1) is 0 Å². The van der Waals surface area contributed by atoms with Gasteiger partial charge in [-0.3, -0.25) is 10.00 Å². The molecule has 1 aliphatic rings. The Morgan fingerprint density at radius 3 is 2.88 bits per heavy atom. The molecule has 0 atom stereocenters. The van der Waals surface area contributed by atoms with E-state index < -0.39 is 5.60 Å². The van der Waals surface area contributed by atoms with Crippen LogP contribution in [0.5, 0.6) is 0 Å². The van der Waals surface area contributed by atoms with Gasteiger partial charge in [-0.05, 0) is 20.8 Å². The number of nitrogens with one attached hydrogen (secondary N) is 1. The van der Waals surface area contributed by atoms with Crippen LogP contribution in [0.4, 0.5) is 16.3 Å². The van der Waals surface area contributed by atoms with E-state index in [1.54, 1.807) is 0 Å². The second-order valence-electron chi connectivity index (χ2n) is 4.82. The van der Waals surface area contributed by atoms with Crippen LogP contribution in [-0.4, -0.2) is 28.4 Å². The summed E-state index contributed by atoms with van der Waals surface area (Å²) in [6, 6.07) is 0. The van der Waals surface area contributed by atoms with Crippen molar-refractivity contribution in [3.05, 3.63) is 5.69 Å². The first-order chi connectivity index (χ1) is 7.38. The van der Waals surface area contributed by atoms with Gasteiger partial charge in [0.1, 0.15) is 11.3 Å². The van der Waals surface area contributed by atoms with Crippen molar-refractivity contribution in [3.63, 3.8) is 0 Å². The second kappa shape index (κ2) is 3.40. The SMILES string of the molecule is CC(C)(C)OC(=O)N1CCc2[nH]nc(N)c21. The quantitative estimate of drug-likeness (QED) is 0.695. The molecule has 1 aliphatic heterocycles. The zero-order chi connectivity index (χ0) is 11.9. The fourth-order valence-electron chi connectivity index (χ4n) is 1.70. The molecule has 0 radical (unpaired) electrons. The fourth-order valence-corrected chi connectivity index (χ4v) is 1.70. The van der Waals surface area contributed by atoms with E-state index >= 15 is 0 Å². The molecule has 16 heavy (non-hydrogen) atoms. The van der Waals surface area contributed by atoms with Crippen LogP contribution in [0.15, 0.2) is 0 Å². The van der Waals surface area contributed by atoms with E-state index in [9.17, 15) is 4.79 Å². The van der Waals surface area contributed by atoms with Gasteiger partial charge < -0.3 is 10.5 Å². The Morgan fingerprint density at radius 2 is 2.25 bits per heavy atom. The maximum Gasteiger partial charge on any atom is 0.414 e. The molecular formula is C10H16N4O2. The van der Waals surface area contributed by atoms with Gasteiger partial charge in [-0.25, -0.2) is 4.79 Å². The number of anilines is 2. The molecule has 6 heteroatoms. The number of hydrogen-bond acceptors (Lipinski definition) is 4. The Hall–Kier alpha value is -1.72. The number of nitrogen functional groups attached to an aromatic ring is 1. The number of hydrogen-bond donors (Lipinski definition) is 2. The monoisotopic (exact) mass is 224 g/mol. The van der Waals surface area contributed by atoms with Crippen LogP contribution in [0.1, 0.15) is 26.5 Å². The smallest absolute Gasteiger partial charge is 0.414 e. The van der Waals surface area contributed by atoms with Crippen LogP contribution in [-0.2, 0) is 11.2 Å². The lowest BCUT2D eigenvalue weighted by molar-refractivity contribution is 0.0584. The zero-order valence-corrected chi connectivity index (χ0v) is 9.70. The number of H-pyrrole nitrogens is 1. The molecular weight excluding hydrogens is 208 g/mol. The molecule has 0 aromatic carbocycles. The summed E-state index contributed by atoms with van der Waals surface area (Å²) < 4.78 is 5.29. The summed E-state index contributed by atoms with van der Waals surface area (Å²) in [7, 11) is 0.